The van der Waals surface area contributed by atoms with E-state index in [1.54, 1.807) is 16.8 Å². The lowest BCUT2D eigenvalue weighted by Crippen LogP contribution is -2.52. The lowest BCUT2D eigenvalue weighted by atomic mass is 9.78. The first-order valence-electron chi connectivity index (χ1n) is 10.3. The van der Waals surface area contributed by atoms with Gasteiger partial charge in [-0.1, -0.05) is 36.4 Å². The van der Waals surface area contributed by atoms with Gasteiger partial charge in [-0.2, -0.15) is 0 Å². The maximum Gasteiger partial charge on any atom is 0.272 e. The van der Waals surface area contributed by atoms with Crippen molar-refractivity contribution in [2.45, 2.75) is 18.4 Å². The number of piperidine rings is 1. The summed E-state index contributed by atoms with van der Waals surface area (Å²) in [5, 5.41) is 10.0. The molecule has 1 aromatic carbocycles. The van der Waals surface area contributed by atoms with Gasteiger partial charge in [-0.15, -0.1) is 0 Å². The second-order valence-electron chi connectivity index (χ2n) is 8.20. The van der Waals surface area contributed by atoms with E-state index in [1.165, 1.54) is 6.07 Å². The Morgan fingerprint density at radius 1 is 1.13 bits per heavy atom. The Labute approximate surface area is 174 Å². The average molecular weight is 404 g/mol. The van der Waals surface area contributed by atoms with Crippen molar-refractivity contribution < 1.29 is 9.90 Å². The summed E-state index contributed by atoms with van der Waals surface area (Å²) < 4.78 is 3.57. The van der Waals surface area contributed by atoms with Crippen LogP contribution in [0.2, 0.25) is 0 Å². The van der Waals surface area contributed by atoms with Crippen LogP contribution in [0.5, 0.6) is 0 Å². The Hall–Kier alpha value is -3.19. The monoisotopic (exact) mass is 404 g/mol. The van der Waals surface area contributed by atoms with E-state index in [4.69, 9.17) is 0 Å². The van der Waals surface area contributed by atoms with Crippen molar-refractivity contribution in [3.05, 3.63) is 76.5 Å². The van der Waals surface area contributed by atoms with Crippen LogP contribution >= 0.6 is 0 Å². The fourth-order valence-corrected chi connectivity index (χ4v) is 5.07. The van der Waals surface area contributed by atoms with Gasteiger partial charge >= 0.3 is 0 Å². The number of rotatable bonds is 3. The molecule has 1 amide bonds. The standard InChI is InChI=1S/C23H24N4O3/c1-25-19(11-24-22(25)15-6-3-2-4-7-15)23(30)26-12-16-10-17(13-26)20(14-28)27-18(16)8-5-9-21(27)29/h2-9,11,16-17,20,28H,10,12-14H2,1H3/t16-,17+,20+/m1/s1. The summed E-state index contributed by atoms with van der Waals surface area (Å²) in [5.74, 6) is 0.824. The highest BCUT2D eigenvalue weighted by atomic mass is 16.3. The number of aromatic nitrogens is 3. The van der Waals surface area contributed by atoms with Crippen LogP contribution in [0.3, 0.4) is 0 Å². The zero-order valence-corrected chi connectivity index (χ0v) is 16.8. The van der Waals surface area contributed by atoms with E-state index in [0.717, 1.165) is 23.5 Å². The first kappa shape index (κ1) is 18.8. The van der Waals surface area contributed by atoms with Crippen molar-refractivity contribution in [1.29, 1.82) is 0 Å². The number of carbonyl (C=O) groups is 1. The van der Waals surface area contributed by atoms with Gasteiger partial charge in [0.05, 0.1) is 18.8 Å². The van der Waals surface area contributed by atoms with Crippen LogP contribution in [0.25, 0.3) is 11.4 Å². The summed E-state index contributed by atoms with van der Waals surface area (Å²) in [6.07, 6.45) is 2.51. The van der Waals surface area contributed by atoms with Crippen LogP contribution in [0.15, 0.2) is 59.5 Å². The Balaban J connectivity index is 1.47. The highest BCUT2D eigenvalue weighted by Crippen LogP contribution is 2.41. The summed E-state index contributed by atoms with van der Waals surface area (Å²) in [6.45, 7) is 0.968. The normalized spacial score (nSPS) is 22.6. The molecule has 7 nitrogen and oxygen atoms in total. The van der Waals surface area contributed by atoms with Crippen molar-refractivity contribution >= 4 is 5.91 Å². The molecule has 30 heavy (non-hydrogen) atoms. The molecule has 0 radical (unpaired) electrons. The second-order valence-corrected chi connectivity index (χ2v) is 8.20. The smallest absolute Gasteiger partial charge is 0.272 e. The van der Waals surface area contributed by atoms with E-state index in [9.17, 15) is 14.7 Å². The molecule has 0 unspecified atom stereocenters. The van der Waals surface area contributed by atoms with Gasteiger partial charge in [0.15, 0.2) is 0 Å². The molecule has 2 aliphatic rings. The number of aliphatic hydroxyl groups excluding tert-OH is 1. The van der Waals surface area contributed by atoms with Gasteiger partial charge in [0, 0.05) is 49.3 Å². The van der Waals surface area contributed by atoms with Crippen molar-refractivity contribution in [2.24, 2.45) is 13.0 Å². The van der Waals surface area contributed by atoms with Gasteiger partial charge < -0.3 is 19.1 Å². The number of hydrogen-bond acceptors (Lipinski definition) is 4. The first-order chi connectivity index (χ1) is 14.6. The topological polar surface area (TPSA) is 80.4 Å². The zero-order chi connectivity index (χ0) is 20.8. The van der Waals surface area contributed by atoms with E-state index in [1.807, 2.05) is 52.9 Å². The minimum atomic E-state index is -0.299. The van der Waals surface area contributed by atoms with E-state index >= 15 is 0 Å². The van der Waals surface area contributed by atoms with Crippen LogP contribution in [-0.2, 0) is 7.05 Å². The van der Waals surface area contributed by atoms with Gasteiger partial charge in [0.1, 0.15) is 11.5 Å². The first-order valence-corrected chi connectivity index (χ1v) is 10.3. The fraction of sp³-hybridized carbons (Fsp3) is 0.348. The molecule has 154 valence electrons. The second kappa shape index (κ2) is 7.25. The van der Waals surface area contributed by atoms with Crippen LogP contribution in [0.1, 0.15) is 34.6 Å². The summed E-state index contributed by atoms with van der Waals surface area (Å²) in [5.41, 5.74) is 2.33. The van der Waals surface area contributed by atoms with Crippen molar-refractivity contribution in [1.82, 2.24) is 19.0 Å². The molecular weight excluding hydrogens is 380 g/mol. The third-order valence-electron chi connectivity index (χ3n) is 6.51. The Morgan fingerprint density at radius 3 is 2.70 bits per heavy atom. The molecule has 7 heteroatoms. The molecule has 5 rings (SSSR count). The zero-order valence-electron chi connectivity index (χ0n) is 16.8. The number of imidazole rings is 1. The third kappa shape index (κ3) is 2.89. The van der Waals surface area contributed by atoms with E-state index < -0.39 is 0 Å². The number of aliphatic hydroxyl groups is 1. The van der Waals surface area contributed by atoms with E-state index in [2.05, 4.69) is 4.98 Å². The van der Waals surface area contributed by atoms with Crippen LogP contribution in [0, 0.1) is 5.92 Å². The molecule has 0 spiro atoms. The van der Waals surface area contributed by atoms with Gasteiger partial charge in [-0.25, -0.2) is 4.98 Å². The molecule has 0 aliphatic carbocycles. The highest BCUT2D eigenvalue weighted by molar-refractivity contribution is 5.93. The number of fused-ring (bicyclic) bond motifs is 4. The van der Waals surface area contributed by atoms with Gasteiger partial charge in [0.25, 0.3) is 11.5 Å². The number of amides is 1. The molecule has 0 saturated carbocycles. The quantitative estimate of drug-likeness (QED) is 0.725. The van der Waals surface area contributed by atoms with E-state index in [0.29, 0.717) is 18.8 Å². The lowest BCUT2D eigenvalue weighted by molar-refractivity contribution is 0.0430. The molecule has 2 bridgehead atoms. The van der Waals surface area contributed by atoms with Crippen molar-refractivity contribution in [2.75, 3.05) is 19.7 Å². The molecule has 3 aromatic rings. The minimum absolute atomic E-state index is 0.0483. The molecule has 2 aliphatic heterocycles. The fourth-order valence-electron chi connectivity index (χ4n) is 5.07. The molecule has 2 aromatic heterocycles. The SMILES string of the molecule is Cn1c(C(=O)N2C[C@H]3C[C@@H](C2)[C@H](CO)n2c3cccc2=O)cnc1-c1ccccc1. The molecule has 1 fully saturated rings. The van der Waals surface area contributed by atoms with Crippen LogP contribution in [0.4, 0.5) is 0 Å². The maximum atomic E-state index is 13.4. The van der Waals surface area contributed by atoms with Gasteiger partial charge in [-0.05, 0) is 12.5 Å². The Bertz CT molecular complexity index is 1150. The minimum Gasteiger partial charge on any atom is -0.394 e. The summed E-state index contributed by atoms with van der Waals surface area (Å²) in [6, 6.07) is 14.7. The Kier molecular flexibility index (Phi) is 4.55. The largest absolute Gasteiger partial charge is 0.394 e. The summed E-state index contributed by atoms with van der Waals surface area (Å²) >= 11 is 0. The summed E-state index contributed by atoms with van der Waals surface area (Å²) in [7, 11) is 1.86. The van der Waals surface area contributed by atoms with Gasteiger partial charge in [-0.3, -0.25) is 9.59 Å². The number of carbonyl (C=O) groups excluding carboxylic acids is 1. The summed E-state index contributed by atoms with van der Waals surface area (Å²) in [4.78, 5) is 32.2. The number of nitrogens with zero attached hydrogens (tertiary/aromatic N) is 4. The van der Waals surface area contributed by atoms with Crippen molar-refractivity contribution in [3.8, 4) is 11.4 Å². The average Bonchev–Trinajstić information content (AvgIpc) is 3.16. The third-order valence-corrected chi connectivity index (χ3v) is 6.51. The van der Waals surface area contributed by atoms with E-state index in [-0.39, 0.29) is 36.0 Å². The predicted molar refractivity (Wildman–Crippen MR) is 112 cm³/mol. The number of hydrogen-bond donors (Lipinski definition) is 1. The predicted octanol–water partition coefficient (Wildman–Crippen LogP) is 2.04. The molecule has 1 N–H and O–H groups in total. The molecular formula is C23H24N4O3. The van der Waals surface area contributed by atoms with Crippen molar-refractivity contribution in [3.63, 3.8) is 0 Å². The molecule has 1 saturated heterocycles. The number of benzene rings is 1. The maximum absolute atomic E-state index is 13.4. The van der Waals surface area contributed by atoms with Gasteiger partial charge in [0.2, 0.25) is 0 Å². The number of pyridine rings is 1. The molecule has 4 heterocycles. The Morgan fingerprint density at radius 2 is 1.93 bits per heavy atom. The van der Waals surface area contributed by atoms with Crippen LogP contribution in [-0.4, -0.2) is 49.7 Å². The lowest BCUT2D eigenvalue weighted by Gasteiger charge is -2.46. The molecule has 3 atom stereocenters. The van der Waals surface area contributed by atoms with Crippen LogP contribution < -0.4 is 5.56 Å². The highest BCUT2D eigenvalue weighted by Gasteiger charge is 2.42. The number of likely N-dealkylation sites (tertiary alicyclic amines) is 1.